The van der Waals surface area contributed by atoms with Gasteiger partial charge in [-0.2, -0.15) is 4.31 Å². The Kier molecular flexibility index (Phi) is 5.53. The van der Waals surface area contributed by atoms with Crippen molar-refractivity contribution in [3.05, 3.63) is 27.1 Å². The second-order valence-corrected chi connectivity index (χ2v) is 9.62. The molecule has 3 rings (SSSR count). The van der Waals surface area contributed by atoms with E-state index < -0.39 is 10.0 Å². The molecule has 1 aromatic rings. The van der Waals surface area contributed by atoms with Crippen LogP contribution in [0.5, 0.6) is 0 Å². The smallest absolute Gasteiger partial charge is 0.320 e. The first-order valence-electron chi connectivity index (χ1n) is 7.88. The average Bonchev–Trinajstić information content (AvgIpc) is 3.11. The number of carbonyl (C=O) groups excluding carboxylic acids is 1. The number of likely N-dealkylation sites (tertiary alicyclic amines) is 1. The Hall–Kier alpha value is -0.640. The lowest BCUT2D eigenvalue weighted by molar-refractivity contribution is 0.142. The molecule has 0 aromatic heterocycles. The Morgan fingerprint density at radius 3 is 2.12 bits per heavy atom. The summed E-state index contributed by atoms with van der Waals surface area (Å²) in [6.45, 7) is 3.12. The number of sulfonamides is 1. The third-order valence-electron chi connectivity index (χ3n) is 4.40. The van der Waals surface area contributed by atoms with Crippen molar-refractivity contribution >= 4 is 47.9 Å². The van der Waals surface area contributed by atoms with Gasteiger partial charge in [-0.3, -0.25) is 0 Å². The van der Waals surface area contributed by atoms with Crippen molar-refractivity contribution in [2.24, 2.45) is 0 Å². The first kappa shape index (κ1) is 18.2. The quantitative estimate of drug-likeness (QED) is 0.653. The van der Waals surface area contributed by atoms with E-state index in [0.717, 1.165) is 25.9 Å². The fourth-order valence-electron chi connectivity index (χ4n) is 3.04. The molecule has 2 heterocycles. The molecule has 0 bridgehead atoms. The predicted molar refractivity (Wildman–Crippen MR) is 98.4 cm³/mol. The molecule has 0 spiro atoms. The third kappa shape index (κ3) is 3.63. The molecule has 0 saturated carbocycles. The van der Waals surface area contributed by atoms with Crippen molar-refractivity contribution in [3.63, 3.8) is 0 Å². The van der Waals surface area contributed by atoms with Crippen molar-refractivity contribution in [3.8, 4) is 0 Å². The maximum Gasteiger partial charge on any atom is 0.320 e. The first-order chi connectivity index (χ1) is 11.4. The lowest BCUT2D eigenvalue weighted by atomic mass is 10.4. The first-order valence-corrected chi connectivity index (χ1v) is 10.9. The number of hydrogen-bond donors (Lipinski definition) is 0. The van der Waals surface area contributed by atoms with Gasteiger partial charge in [0, 0.05) is 48.2 Å². The van der Waals surface area contributed by atoms with Crippen molar-refractivity contribution in [2.45, 2.75) is 17.7 Å². The normalized spacial score (nSPS) is 19.8. The lowest BCUT2D eigenvalue weighted by Gasteiger charge is -2.36. The number of halogens is 2. The molecule has 0 atom stereocenters. The fraction of sp³-hybridized carbons (Fsp3) is 0.533. The van der Waals surface area contributed by atoms with Crippen molar-refractivity contribution < 1.29 is 13.2 Å². The van der Waals surface area contributed by atoms with E-state index in [9.17, 15) is 13.2 Å². The largest absolute Gasteiger partial charge is 0.325 e. The van der Waals surface area contributed by atoms with Gasteiger partial charge in [0.15, 0.2) is 0 Å². The van der Waals surface area contributed by atoms with Crippen LogP contribution in [0.4, 0.5) is 4.79 Å². The molecule has 0 N–H and O–H groups in total. The Balaban J connectivity index is 1.69. The van der Waals surface area contributed by atoms with Crippen LogP contribution >= 0.6 is 31.9 Å². The highest BCUT2D eigenvalue weighted by atomic mass is 79.9. The molecule has 0 aliphatic carbocycles. The van der Waals surface area contributed by atoms with Gasteiger partial charge in [-0.1, -0.05) is 15.9 Å². The highest BCUT2D eigenvalue weighted by molar-refractivity contribution is 9.11. The molecule has 2 aliphatic heterocycles. The van der Waals surface area contributed by atoms with Gasteiger partial charge < -0.3 is 9.80 Å². The monoisotopic (exact) mass is 479 g/mol. The number of rotatable bonds is 2. The van der Waals surface area contributed by atoms with Crippen LogP contribution in [0.2, 0.25) is 0 Å². The van der Waals surface area contributed by atoms with Gasteiger partial charge in [-0.05, 0) is 47.0 Å². The minimum absolute atomic E-state index is 0.0354. The minimum Gasteiger partial charge on any atom is -0.325 e. The molecule has 2 fully saturated rings. The van der Waals surface area contributed by atoms with Crippen LogP contribution in [0.3, 0.4) is 0 Å². The van der Waals surface area contributed by atoms with Gasteiger partial charge in [0.1, 0.15) is 0 Å². The Bertz CT molecular complexity index is 727. The maximum absolute atomic E-state index is 12.9. The van der Waals surface area contributed by atoms with Crippen LogP contribution in [-0.4, -0.2) is 67.8 Å². The summed E-state index contributed by atoms with van der Waals surface area (Å²) in [5, 5.41) is 0. The van der Waals surface area contributed by atoms with Crippen LogP contribution < -0.4 is 0 Å². The van der Waals surface area contributed by atoms with E-state index in [2.05, 4.69) is 31.9 Å². The number of benzene rings is 1. The third-order valence-corrected chi connectivity index (χ3v) is 7.78. The molecule has 6 nitrogen and oxygen atoms in total. The van der Waals surface area contributed by atoms with E-state index in [1.54, 1.807) is 23.1 Å². The van der Waals surface area contributed by atoms with Gasteiger partial charge in [0.05, 0.1) is 4.90 Å². The van der Waals surface area contributed by atoms with E-state index >= 15 is 0 Å². The van der Waals surface area contributed by atoms with Crippen molar-refractivity contribution in [1.82, 2.24) is 14.1 Å². The second kappa shape index (κ2) is 7.31. The summed E-state index contributed by atoms with van der Waals surface area (Å²) >= 11 is 6.63. The van der Waals surface area contributed by atoms with Crippen LogP contribution in [0, 0.1) is 0 Å². The van der Waals surface area contributed by atoms with Gasteiger partial charge in [-0.25, -0.2) is 13.2 Å². The molecule has 2 saturated heterocycles. The Labute approximate surface area is 159 Å². The lowest BCUT2D eigenvalue weighted by Crippen LogP contribution is -2.53. The standard InChI is InChI=1S/C15H19Br2N3O3S/c16-12-3-4-13(17)14(11-12)24(22,23)20-9-7-19(8-10-20)15(21)18-5-1-2-6-18/h3-4,11H,1-2,5-10H2. The molecule has 2 amide bonds. The van der Waals surface area contributed by atoms with Crippen molar-refractivity contribution in [2.75, 3.05) is 39.3 Å². The SMILES string of the molecule is O=C(N1CCCC1)N1CCN(S(=O)(=O)c2cc(Br)ccc2Br)CC1. The van der Waals surface area contributed by atoms with Crippen LogP contribution in [-0.2, 0) is 10.0 Å². The van der Waals surface area contributed by atoms with Crippen LogP contribution in [0.25, 0.3) is 0 Å². The zero-order valence-electron chi connectivity index (χ0n) is 13.1. The molecule has 9 heteroatoms. The summed E-state index contributed by atoms with van der Waals surface area (Å²) in [6.07, 6.45) is 2.11. The number of amides is 2. The van der Waals surface area contributed by atoms with Gasteiger partial charge in [-0.15, -0.1) is 0 Å². The Morgan fingerprint density at radius 1 is 0.917 bits per heavy atom. The van der Waals surface area contributed by atoms with E-state index in [1.165, 1.54) is 4.31 Å². The van der Waals surface area contributed by atoms with E-state index in [4.69, 9.17) is 0 Å². The number of hydrogen-bond acceptors (Lipinski definition) is 3. The summed E-state index contributed by atoms with van der Waals surface area (Å²) in [5.74, 6) is 0. The molecule has 1 aromatic carbocycles. The summed E-state index contributed by atoms with van der Waals surface area (Å²) in [6, 6.07) is 5.13. The van der Waals surface area contributed by atoms with Crippen LogP contribution in [0.1, 0.15) is 12.8 Å². The summed E-state index contributed by atoms with van der Waals surface area (Å²) in [4.78, 5) is 16.3. The van der Waals surface area contributed by atoms with E-state index in [1.807, 2.05) is 4.90 Å². The van der Waals surface area contributed by atoms with Gasteiger partial charge >= 0.3 is 6.03 Å². The Morgan fingerprint density at radius 2 is 1.50 bits per heavy atom. The topological polar surface area (TPSA) is 60.9 Å². The van der Waals surface area contributed by atoms with Gasteiger partial charge in [0.25, 0.3) is 0 Å². The maximum atomic E-state index is 12.9. The molecule has 0 radical (unpaired) electrons. The molecule has 0 unspecified atom stereocenters. The highest BCUT2D eigenvalue weighted by Gasteiger charge is 2.33. The molecule has 24 heavy (non-hydrogen) atoms. The summed E-state index contributed by atoms with van der Waals surface area (Å²) in [5.41, 5.74) is 0. The molecular weight excluding hydrogens is 462 g/mol. The van der Waals surface area contributed by atoms with Crippen LogP contribution in [0.15, 0.2) is 32.0 Å². The fourth-order valence-corrected chi connectivity index (χ4v) is 5.93. The predicted octanol–water partition coefficient (Wildman–Crippen LogP) is 2.73. The number of nitrogens with zero attached hydrogens (tertiary/aromatic N) is 3. The molecule has 132 valence electrons. The summed E-state index contributed by atoms with van der Waals surface area (Å²) < 4.78 is 28.4. The average molecular weight is 481 g/mol. The number of piperazine rings is 1. The number of carbonyl (C=O) groups is 1. The minimum atomic E-state index is -3.58. The highest BCUT2D eigenvalue weighted by Crippen LogP contribution is 2.29. The summed E-state index contributed by atoms with van der Waals surface area (Å²) in [7, 11) is -3.58. The zero-order valence-corrected chi connectivity index (χ0v) is 17.1. The molecular formula is C15H19Br2N3O3S. The number of urea groups is 1. The molecule has 2 aliphatic rings. The van der Waals surface area contributed by atoms with Gasteiger partial charge in [0.2, 0.25) is 10.0 Å². The zero-order chi connectivity index (χ0) is 17.3. The van der Waals surface area contributed by atoms with E-state index in [-0.39, 0.29) is 10.9 Å². The second-order valence-electron chi connectivity index (χ2n) is 5.94. The van der Waals surface area contributed by atoms with E-state index in [0.29, 0.717) is 35.1 Å². The van der Waals surface area contributed by atoms with Crippen molar-refractivity contribution in [1.29, 1.82) is 0 Å².